The predicted molar refractivity (Wildman–Crippen MR) is 68.8 cm³/mol. The number of carbonyl (C=O) groups excluding carboxylic acids is 2. The molecule has 0 aliphatic rings. The molecule has 0 saturated heterocycles. The van der Waals surface area contributed by atoms with Crippen molar-refractivity contribution in [3.05, 3.63) is 38.9 Å². The Morgan fingerprint density at radius 2 is 2.16 bits per heavy atom. The van der Waals surface area contributed by atoms with Crippen LogP contribution >= 0.6 is 11.6 Å². The van der Waals surface area contributed by atoms with Crippen LogP contribution in [0.25, 0.3) is 0 Å². The van der Waals surface area contributed by atoms with Crippen LogP contribution in [0.5, 0.6) is 0 Å². The smallest absolute Gasteiger partial charge is 0.300 e. The molecule has 0 aromatic heterocycles. The highest BCUT2D eigenvalue weighted by Gasteiger charge is 2.24. The summed E-state index contributed by atoms with van der Waals surface area (Å²) in [7, 11) is 0. The van der Waals surface area contributed by atoms with E-state index in [0.29, 0.717) is 0 Å². The minimum atomic E-state index is -0.726. The van der Waals surface area contributed by atoms with Crippen molar-refractivity contribution in [3.8, 4) is 0 Å². The summed E-state index contributed by atoms with van der Waals surface area (Å²) in [6, 6.07) is 3.52. The van der Waals surface area contributed by atoms with Gasteiger partial charge in [-0.25, -0.2) is 0 Å². The van der Waals surface area contributed by atoms with Crippen molar-refractivity contribution in [2.75, 3.05) is 0 Å². The van der Waals surface area contributed by atoms with Crippen molar-refractivity contribution in [1.82, 2.24) is 5.32 Å². The van der Waals surface area contributed by atoms with Crippen molar-refractivity contribution in [2.24, 2.45) is 5.73 Å². The number of nitro benzene ring substituents is 1. The fourth-order valence-electron chi connectivity index (χ4n) is 1.54. The van der Waals surface area contributed by atoms with E-state index in [4.69, 9.17) is 17.3 Å². The number of halogens is 1. The molecule has 0 fully saturated rings. The Labute approximate surface area is 113 Å². The van der Waals surface area contributed by atoms with Gasteiger partial charge in [0.25, 0.3) is 5.91 Å². The van der Waals surface area contributed by atoms with Gasteiger partial charge >= 0.3 is 5.69 Å². The second kappa shape index (κ2) is 6.14. The number of para-hydroxylation sites is 1. The van der Waals surface area contributed by atoms with Crippen molar-refractivity contribution >= 4 is 29.1 Å². The van der Waals surface area contributed by atoms with Crippen molar-refractivity contribution in [1.29, 1.82) is 0 Å². The Kier molecular flexibility index (Phi) is 4.82. The number of nitrogens with one attached hydrogen (secondary N) is 1. The van der Waals surface area contributed by atoms with Crippen molar-refractivity contribution in [3.63, 3.8) is 0 Å². The Morgan fingerprint density at radius 1 is 1.53 bits per heavy atom. The normalized spacial score (nSPS) is 11.7. The zero-order valence-corrected chi connectivity index (χ0v) is 10.8. The molecular weight excluding hydrogens is 274 g/mol. The van der Waals surface area contributed by atoms with Gasteiger partial charge in [0.15, 0.2) is 0 Å². The molecule has 0 aliphatic heterocycles. The predicted octanol–water partition coefficient (Wildman–Crippen LogP) is 1.24. The summed E-state index contributed by atoms with van der Waals surface area (Å²) in [5, 5.41) is 13.2. The summed E-state index contributed by atoms with van der Waals surface area (Å²) in [6.45, 7) is 1.57. The summed E-state index contributed by atoms with van der Waals surface area (Å²) < 4.78 is 0. The van der Waals surface area contributed by atoms with Crippen LogP contribution in [0.2, 0.25) is 5.02 Å². The molecule has 102 valence electrons. The number of primary amides is 1. The highest BCUT2D eigenvalue weighted by molar-refractivity contribution is 6.33. The van der Waals surface area contributed by atoms with E-state index in [2.05, 4.69) is 5.32 Å². The summed E-state index contributed by atoms with van der Waals surface area (Å²) in [5.74, 6) is -1.25. The van der Waals surface area contributed by atoms with E-state index in [1.54, 1.807) is 6.92 Å². The van der Waals surface area contributed by atoms with Gasteiger partial charge in [0.05, 0.1) is 4.92 Å². The average molecular weight is 286 g/mol. The lowest BCUT2D eigenvalue weighted by Gasteiger charge is -2.12. The third kappa shape index (κ3) is 3.92. The van der Waals surface area contributed by atoms with Crippen molar-refractivity contribution in [2.45, 2.75) is 19.4 Å². The number of rotatable bonds is 5. The maximum atomic E-state index is 11.9. The third-order valence-electron chi connectivity index (χ3n) is 2.30. The Balaban J connectivity index is 2.97. The minimum absolute atomic E-state index is 0.0555. The maximum absolute atomic E-state index is 11.9. The fraction of sp³-hybridized carbons (Fsp3) is 0.273. The first-order chi connectivity index (χ1) is 8.82. The highest BCUT2D eigenvalue weighted by atomic mass is 35.5. The molecule has 1 atom stereocenters. The lowest BCUT2D eigenvalue weighted by Crippen LogP contribution is -2.36. The largest absolute Gasteiger partial charge is 0.370 e. The number of benzene rings is 1. The zero-order chi connectivity index (χ0) is 14.6. The Hall–Kier alpha value is -2.15. The van der Waals surface area contributed by atoms with E-state index >= 15 is 0 Å². The molecule has 0 bridgehead atoms. The standard InChI is InChI=1S/C11H12ClN3O4/c1-6(5-9(13)16)14-11(17)7-3-2-4-8(12)10(7)15(18)19/h2-4,6H,5H2,1H3,(H2,13,16)(H,14,17). The summed E-state index contributed by atoms with van der Waals surface area (Å²) in [5.41, 5.74) is 4.37. The zero-order valence-electron chi connectivity index (χ0n) is 10.1. The molecule has 0 radical (unpaired) electrons. The highest BCUT2D eigenvalue weighted by Crippen LogP contribution is 2.28. The molecule has 1 unspecified atom stereocenters. The monoisotopic (exact) mass is 285 g/mol. The van der Waals surface area contributed by atoms with E-state index in [9.17, 15) is 19.7 Å². The summed E-state index contributed by atoms with van der Waals surface area (Å²) in [4.78, 5) is 32.7. The van der Waals surface area contributed by atoms with Crippen LogP contribution in [0.3, 0.4) is 0 Å². The molecule has 19 heavy (non-hydrogen) atoms. The van der Waals surface area contributed by atoms with E-state index < -0.39 is 28.5 Å². The van der Waals surface area contributed by atoms with Gasteiger partial charge in [0.1, 0.15) is 10.6 Å². The Morgan fingerprint density at radius 3 is 2.68 bits per heavy atom. The van der Waals surface area contributed by atoms with Gasteiger partial charge < -0.3 is 11.1 Å². The van der Waals surface area contributed by atoms with E-state index in [0.717, 1.165) is 0 Å². The van der Waals surface area contributed by atoms with Crippen LogP contribution in [0.1, 0.15) is 23.7 Å². The molecule has 0 aliphatic carbocycles. The van der Waals surface area contributed by atoms with Gasteiger partial charge in [0, 0.05) is 12.5 Å². The first-order valence-corrected chi connectivity index (χ1v) is 5.72. The molecular formula is C11H12ClN3O4. The second-order valence-electron chi connectivity index (χ2n) is 3.94. The number of nitrogens with two attached hydrogens (primary N) is 1. The molecule has 0 heterocycles. The number of nitro groups is 1. The first kappa shape index (κ1) is 14.9. The van der Waals surface area contributed by atoms with Crippen LogP contribution in [0.4, 0.5) is 5.69 Å². The van der Waals surface area contributed by atoms with Crippen LogP contribution in [0.15, 0.2) is 18.2 Å². The topological polar surface area (TPSA) is 115 Å². The lowest BCUT2D eigenvalue weighted by molar-refractivity contribution is -0.385. The van der Waals surface area contributed by atoms with Crippen LogP contribution in [-0.4, -0.2) is 22.8 Å². The van der Waals surface area contributed by atoms with Gasteiger partial charge in [-0.1, -0.05) is 17.7 Å². The van der Waals surface area contributed by atoms with E-state index in [1.807, 2.05) is 0 Å². The molecule has 0 saturated carbocycles. The molecule has 0 spiro atoms. The van der Waals surface area contributed by atoms with E-state index in [1.165, 1.54) is 18.2 Å². The number of amides is 2. The number of nitrogens with zero attached hydrogens (tertiary/aromatic N) is 1. The quantitative estimate of drug-likeness (QED) is 0.625. The summed E-state index contributed by atoms with van der Waals surface area (Å²) >= 11 is 5.69. The van der Waals surface area contributed by atoms with Gasteiger partial charge in [-0.3, -0.25) is 19.7 Å². The molecule has 8 heteroatoms. The van der Waals surface area contributed by atoms with Gasteiger partial charge in [-0.05, 0) is 19.1 Å². The third-order valence-corrected chi connectivity index (χ3v) is 2.60. The van der Waals surface area contributed by atoms with Gasteiger partial charge in [-0.15, -0.1) is 0 Å². The van der Waals surface area contributed by atoms with E-state index in [-0.39, 0.29) is 17.0 Å². The number of carbonyl (C=O) groups is 2. The van der Waals surface area contributed by atoms with Gasteiger partial charge in [0.2, 0.25) is 5.91 Å². The SMILES string of the molecule is CC(CC(N)=O)NC(=O)c1cccc(Cl)c1[N+](=O)[O-]. The van der Waals surface area contributed by atoms with Crippen LogP contribution < -0.4 is 11.1 Å². The molecule has 7 nitrogen and oxygen atoms in total. The van der Waals surface area contributed by atoms with Crippen LogP contribution in [-0.2, 0) is 4.79 Å². The van der Waals surface area contributed by atoms with Crippen LogP contribution in [0, 0.1) is 10.1 Å². The van der Waals surface area contributed by atoms with Crippen molar-refractivity contribution < 1.29 is 14.5 Å². The maximum Gasteiger partial charge on any atom is 0.300 e. The molecule has 1 aromatic carbocycles. The second-order valence-corrected chi connectivity index (χ2v) is 4.35. The first-order valence-electron chi connectivity index (χ1n) is 5.35. The number of hydrogen-bond donors (Lipinski definition) is 2. The Bertz CT molecular complexity index is 533. The fourth-order valence-corrected chi connectivity index (χ4v) is 1.78. The molecule has 1 aromatic rings. The summed E-state index contributed by atoms with van der Waals surface area (Å²) in [6.07, 6.45) is -0.0555. The average Bonchev–Trinajstić information content (AvgIpc) is 2.26. The van der Waals surface area contributed by atoms with Gasteiger partial charge in [-0.2, -0.15) is 0 Å². The number of hydrogen-bond acceptors (Lipinski definition) is 4. The molecule has 2 amide bonds. The minimum Gasteiger partial charge on any atom is -0.370 e. The molecule has 3 N–H and O–H groups in total. The lowest BCUT2D eigenvalue weighted by atomic mass is 10.1. The molecule has 1 rings (SSSR count).